The maximum atomic E-state index is 12.4. The van der Waals surface area contributed by atoms with Crippen molar-refractivity contribution in [2.45, 2.75) is 62.8 Å². The van der Waals surface area contributed by atoms with Crippen molar-refractivity contribution in [1.82, 2.24) is 20.1 Å². The fourth-order valence-corrected chi connectivity index (χ4v) is 6.33. The van der Waals surface area contributed by atoms with E-state index in [1.165, 1.54) is 12.8 Å². The molecule has 1 saturated carbocycles. The highest BCUT2D eigenvalue weighted by molar-refractivity contribution is 6.35. The number of carbonyl (C=O) groups is 1. The molecule has 8 nitrogen and oxygen atoms in total. The number of urea groups is 1. The van der Waals surface area contributed by atoms with Crippen LogP contribution in [-0.4, -0.2) is 58.1 Å². The second-order valence-electron chi connectivity index (χ2n) is 9.43. The monoisotopic (exact) mass is 445 g/mol. The van der Waals surface area contributed by atoms with Crippen LogP contribution in [0.25, 0.3) is 11.1 Å². The molecule has 1 aromatic heterocycles. The highest BCUT2D eigenvalue weighted by Gasteiger charge is 2.44. The summed E-state index contributed by atoms with van der Waals surface area (Å²) in [6.45, 7) is 3.72. The number of nitrogens with zero attached hydrogens (tertiary/aromatic N) is 3. The maximum Gasteiger partial charge on any atom is 0.319 e. The SMILES string of the molecule is O=C1Nc2c(Cl)cc3nc(C(O)N4CCN5CCC[C@H]5C4)oc3c2C2(CCCCC2)N1. The van der Waals surface area contributed by atoms with Crippen LogP contribution in [0.5, 0.6) is 0 Å². The highest BCUT2D eigenvalue weighted by atomic mass is 35.5. The molecule has 1 spiro atoms. The van der Waals surface area contributed by atoms with Crippen molar-refractivity contribution in [3.63, 3.8) is 0 Å². The van der Waals surface area contributed by atoms with E-state index < -0.39 is 11.8 Å². The standard InChI is InChI=1S/C22H28ClN5O3/c23-14-11-15-18(16-17(14)25-21(30)26-22(16)6-2-1-3-7-22)31-19(24-15)20(29)28-10-9-27-8-4-5-13(27)12-28/h11,13,20,29H,1-10,12H2,(H2,25,26,30)/t13-,20?/m0/s1. The summed E-state index contributed by atoms with van der Waals surface area (Å²) < 4.78 is 6.24. The molecule has 2 amide bonds. The van der Waals surface area contributed by atoms with Crippen LogP contribution in [0.15, 0.2) is 10.5 Å². The Bertz CT molecular complexity index is 1030. The number of aliphatic hydroxyl groups is 1. The quantitative estimate of drug-likeness (QED) is 0.654. The highest BCUT2D eigenvalue weighted by Crippen LogP contribution is 2.48. The third-order valence-electron chi connectivity index (χ3n) is 7.61. The first-order valence-electron chi connectivity index (χ1n) is 11.4. The molecule has 0 radical (unpaired) electrons. The normalized spacial score (nSPS) is 27.0. The van der Waals surface area contributed by atoms with E-state index in [1.54, 1.807) is 6.07 Å². The molecule has 1 aromatic carbocycles. The summed E-state index contributed by atoms with van der Waals surface area (Å²) in [5.41, 5.74) is 2.22. The predicted molar refractivity (Wildman–Crippen MR) is 117 cm³/mol. The number of fused-ring (bicyclic) bond motifs is 5. The first-order chi connectivity index (χ1) is 15.0. The molecule has 9 heteroatoms. The van der Waals surface area contributed by atoms with Crippen molar-refractivity contribution in [1.29, 1.82) is 0 Å². The molecule has 6 rings (SSSR count). The molecule has 31 heavy (non-hydrogen) atoms. The third-order valence-corrected chi connectivity index (χ3v) is 7.91. The Kier molecular flexibility index (Phi) is 4.68. The first-order valence-corrected chi connectivity index (χ1v) is 11.8. The lowest BCUT2D eigenvalue weighted by molar-refractivity contribution is -0.0521. The molecular formula is C22H28ClN5O3. The number of piperazine rings is 1. The number of nitrogens with one attached hydrogen (secondary N) is 2. The summed E-state index contributed by atoms with van der Waals surface area (Å²) in [4.78, 5) is 21.6. The Hall–Kier alpha value is -1.87. The minimum atomic E-state index is -0.891. The van der Waals surface area contributed by atoms with Gasteiger partial charge in [-0.2, -0.15) is 0 Å². The Morgan fingerprint density at radius 3 is 2.90 bits per heavy atom. The number of benzene rings is 1. The van der Waals surface area contributed by atoms with Gasteiger partial charge < -0.3 is 20.2 Å². The van der Waals surface area contributed by atoms with Gasteiger partial charge in [-0.3, -0.25) is 9.80 Å². The largest absolute Gasteiger partial charge is 0.436 e. The van der Waals surface area contributed by atoms with Gasteiger partial charge >= 0.3 is 6.03 Å². The molecule has 1 unspecified atom stereocenters. The molecule has 1 aliphatic carbocycles. The van der Waals surface area contributed by atoms with Gasteiger partial charge in [-0.1, -0.05) is 30.9 Å². The van der Waals surface area contributed by atoms with Crippen LogP contribution in [0.1, 0.15) is 62.6 Å². The lowest BCUT2D eigenvalue weighted by Crippen LogP contribution is -2.52. The fraction of sp³-hybridized carbons (Fsp3) is 0.636. The van der Waals surface area contributed by atoms with Crippen molar-refractivity contribution in [3.05, 3.63) is 22.5 Å². The zero-order chi connectivity index (χ0) is 21.2. The molecule has 2 atom stereocenters. The van der Waals surface area contributed by atoms with Crippen LogP contribution < -0.4 is 10.6 Å². The van der Waals surface area contributed by atoms with E-state index >= 15 is 0 Å². The number of aromatic nitrogens is 1. The lowest BCUT2D eigenvalue weighted by Gasteiger charge is -2.42. The van der Waals surface area contributed by atoms with Gasteiger partial charge in [-0.05, 0) is 38.3 Å². The zero-order valence-electron chi connectivity index (χ0n) is 17.5. The Morgan fingerprint density at radius 1 is 1.23 bits per heavy atom. The summed E-state index contributed by atoms with van der Waals surface area (Å²) >= 11 is 6.58. The van der Waals surface area contributed by atoms with Gasteiger partial charge in [0, 0.05) is 31.2 Å². The molecule has 0 bridgehead atoms. The van der Waals surface area contributed by atoms with Crippen LogP contribution in [0.4, 0.5) is 10.5 Å². The zero-order valence-corrected chi connectivity index (χ0v) is 18.2. The fourth-order valence-electron chi connectivity index (χ4n) is 6.09. The Balaban J connectivity index is 1.40. The molecule has 4 heterocycles. The maximum absolute atomic E-state index is 12.4. The molecule has 166 valence electrons. The summed E-state index contributed by atoms with van der Waals surface area (Å²) in [5.74, 6) is 0.300. The van der Waals surface area contributed by atoms with E-state index in [0.717, 1.165) is 63.8 Å². The Morgan fingerprint density at radius 2 is 2.06 bits per heavy atom. The van der Waals surface area contributed by atoms with E-state index in [1.807, 2.05) is 0 Å². The van der Waals surface area contributed by atoms with Gasteiger partial charge in [0.1, 0.15) is 5.52 Å². The Labute approximate surface area is 185 Å². The average molecular weight is 446 g/mol. The number of carbonyl (C=O) groups excluding carboxylic acids is 1. The van der Waals surface area contributed by atoms with E-state index in [2.05, 4.69) is 25.4 Å². The number of rotatable bonds is 2. The summed E-state index contributed by atoms with van der Waals surface area (Å²) in [6.07, 6.45) is 6.40. The molecule has 3 fully saturated rings. The van der Waals surface area contributed by atoms with Crippen LogP contribution in [0, 0.1) is 0 Å². The van der Waals surface area contributed by atoms with Gasteiger partial charge in [-0.15, -0.1) is 0 Å². The van der Waals surface area contributed by atoms with Crippen molar-refractivity contribution in [3.8, 4) is 0 Å². The van der Waals surface area contributed by atoms with E-state index in [4.69, 9.17) is 16.0 Å². The number of aliphatic hydroxyl groups excluding tert-OH is 1. The first kappa shape index (κ1) is 19.8. The lowest BCUT2D eigenvalue weighted by atomic mass is 9.74. The number of hydrogen-bond donors (Lipinski definition) is 3. The van der Waals surface area contributed by atoms with E-state index in [9.17, 15) is 9.90 Å². The second kappa shape index (κ2) is 7.33. The van der Waals surface area contributed by atoms with Gasteiger partial charge in [0.2, 0.25) is 5.89 Å². The smallest absolute Gasteiger partial charge is 0.319 e. The predicted octanol–water partition coefficient (Wildman–Crippen LogP) is 3.55. The number of amides is 2. The van der Waals surface area contributed by atoms with Crippen molar-refractivity contribution in [2.24, 2.45) is 0 Å². The van der Waals surface area contributed by atoms with Gasteiger partial charge in [0.25, 0.3) is 0 Å². The van der Waals surface area contributed by atoms with Gasteiger partial charge in [0.15, 0.2) is 11.8 Å². The van der Waals surface area contributed by atoms with E-state index in [0.29, 0.717) is 33.7 Å². The molecule has 3 N–H and O–H groups in total. The summed E-state index contributed by atoms with van der Waals surface area (Å²) in [7, 11) is 0. The van der Waals surface area contributed by atoms with Crippen LogP contribution >= 0.6 is 11.6 Å². The summed E-state index contributed by atoms with van der Waals surface area (Å²) in [5, 5.41) is 17.6. The second-order valence-corrected chi connectivity index (χ2v) is 9.84. The molecule has 4 aliphatic rings. The summed E-state index contributed by atoms with van der Waals surface area (Å²) in [6, 6.07) is 2.00. The topological polar surface area (TPSA) is 93.9 Å². The average Bonchev–Trinajstić information content (AvgIpc) is 3.40. The molecule has 2 aromatic rings. The number of halogens is 1. The van der Waals surface area contributed by atoms with E-state index in [-0.39, 0.29) is 6.03 Å². The minimum absolute atomic E-state index is 0.232. The number of oxazole rings is 1. The van der Waals surface area contributed by atoms with Gasteiger partial charge in [-0.25, -0.2) is 9.78 Å². The third kappa shape index (κ3) is 3.15. The minimum Gasteiger partial charge on any atom is -0.436 e. The van der Waals surface area contributed by atoms with Crippen molar-refractivity contribution in [2.75, 3.05) is 31.5 Å². The van der Waals surface area contributed by atoms with Crippen molar-refractivity contribution < 1.29 is 14.3 Å². The van der Waals surface area contributed by atoms with Crippen LogP contribution in [-0.2, 0) is 5.54 Å². The van der Waals surface area contributed by atoms with Gasteiger partial charge in [0.05, 0.1) is 16.2 Å². The number of anilines is 1. The molecule has 3 aliphatic heterocycles. The van der Waals surface area contributed by atoms with Crippen molar-refractivity contribution >= 4 is 34.4 Å². The molecule has 2 saturated heterocycles. The van der Waals surface area contributed by atoms with Crippen LogP contribution in [0.2, 0.25) is 5.02 Å². The number of hydrogen-bond acceptors (Lipinski definition) is 6. The molecular weight excluding hydrogens is 418 g/mol. The van der Waals surface area contributed by atoms with Crippen LogP contribution in [0.3, 0.4) is 0 Å².